The van der Waals surface area contributed by atoms with Crippen LogP contribution in [0.25, 0.3) is 0 Å². The molecule has 8 heteroatoms. The van der Waals surface area contributed by atoms with Gasteiger partial charge in [-0.15, -0.1) is 0 Å². The van der Waals surface area contributed by atoms with Crippen molar-refractivity contribution in [3.05, 3.63) is 35.9 Å². The monoisotopic (exact) mass is 386 g/mol. The largest absolute Gasteiger partial charge is 0.497 e. The third kappa shape index (κ3) is 5.37. The normalized spacial score (nSPS) is 16.4. The Kier molecular flexibility index (Phi) is 7.11. The number of benzene rings is 1. The van der Waals surface area contributed by atoms with Gasteiger partial charge in [0.15, 0.2) is 11.8 Å². The molecule has 1 atom stereocenters. The van der Waals surface area contributed by atoms with E-state index in [4.69, 9.17) is 9.47 Å². The summed E-state index contributed by atoms with van der Waals surface area (Å²) in [5.74, 6) is 4.45. The average molecular weight is 387 g/mol. The highest BCUT2D eigenvalue weighted by Gasteiger charge is 2.21. The van der Waals surface area contributed by atoms with E-state index in [1.165, 1.54) is 0 Å². The molecule has 0 saturated heterocycles. The van der Waals surface area contributed by atoms with Gasteiger partial charge in [-0.3, -0.25) is 4.99 Å². The van der Waals surface area contributed by atoms with Crippen molar-refractivity contribution >= 4 is 5.96 Å². The maximum atomic E-state index is 5.77. The summed E-state index contributed by atoms with van der Waals surface area (Å²) in [5, 5.41) is 11.4. The van der Waals surface area contributed by atoms with E-state index in [1.807, 2.05) is 28.9 Å². The van der Waals surface area contributed by atoms with Crippen LogP contribution in [0.1, 0.15) is 31.4 Å². The van der Waals surface area contributed by atoms with Gasteiger partial charge >= 0.3 is 0 Å². The maximum absolute atomic E-state index is 5.77. The first kappa shape index (κ1) is 20.0. The predicted molar refractivity (Wildman–Crippen MR) is 109 cm³/mol. The van der Waals surface area contributed by atoms with Crippen molar-refractivity contribution in [2.75, 3.05) is 27.3 Å². The Hall–Kier alpha value is -2.77. The van der Waals surface area contributed by atoms with Gasteiger partial charge in [0.1, 0.15) is 17.3 Å². The van der Waals surface area contributed by atoms with Gasteiger partial charge in [0.05, 0.1) is 20.3 Å². The lowest BCUT2D eigenvalue weighted by molar-refractivity contribution is 0.308. The summed E-state index contributed by atoms with van der Waals surface area (Å²) in [6, 6.07) is 7.95. The Bertz CT molecular complexity index is 789. The lowest BCUT2D eigenvalue weighted by Crippen LogP contribution is -2.47. The topological polar surface area (TPSA) is 85.6 Å². The zero-order chi connectivity index (χ0) is 19.8. The van der Waals surface area contributed by atoms with Crippen molar-refractivity contribution in [1.29, 1.82) is 0 Å². The van der Waals surface area contributed by atoms with Crippen LogP contribution < -0.4 is 20.1 Å². The number of fused-ring (bicyclic) bond motifs is 1. The fourth-order valence-electron chi connectivity index (χ4n) is 3.18. The van der Waals surface area contributed by atoms with Crippen molar-refractivity contribution in [3.8, 4) is 11.5 Å². The highest BCUT2D eigenvalue weighted by molar-refractivity contribution is 5.79. The third-order valence-electron chi connectivity index (χ3n) is 4.71. The van der Waals surface area contributed by atoms with E-state index in [-0.39, 0.29) is 0 Å². The first-order chi connectivity index (χ1) is 13.7. The summed E-state index contributed by atoms with van der Waals surface area (Å²) in [7, 11) is 3.45. The van der Waals surface area contributed by atoms with Crippen molar-refractivity contribution in [2.45, 2.75) is 45.2 Å². The van der Waals surface area contributed by atoms with Crippen molar-refractivity contribution in [1.82, 2.24) is 25.4 Å². The third-order valence-corrected chi connectivity index (χ3v) is 4.71. The van der Waals surface area contributed by atoms with Gasteiger partial charge in [-0.25, -0.2) is 9.67 Å². The zero-order valence-electron chi connectivity index (χ0n) is 16.9. The molecule has 0 fully saturated rings. The molecule has 0 amide bonds. The van der Waals surface area contributed by atoms with Crippen LogP contribution in [0.15, 0.2) is 29.3 Å². The summed E-state index contributed by atoms with van der Waals surface area (Å²) in [5.41, 5.74) is 0. The van der Waals surface area contributed by atoms with E-state index >= 15 is 0 Å². The van der Waals surface area contributed by atoms with Crippen LogP contribution in [0, 0.1) is 0 Å². The Morgan fingerprint density at radius 1 is 1.36 bits per heavy atom. The summed E-state index contributed by atoms with van der Waals surface area (Å²) in [4.78, 5) is 8.90. The number of nitrogens with zero attached hydrogens (tertiary/aromatic N) is 4. The van der Waals surface area contributed by atoms with Gasteiger partial charge in [-0.05, 0) is 25.0 Å². The molecule has 0 spiro atoms. The quantitative estimate of drug-likeness (QED) is 0.409. The summed E-state index contributed by atoms with van der Waals surface area (Å²) in [6.07, 6.45) is 3.71. The fraction of sp³-hybridized carbons (Fsp3) is 0.550. The molecule has 152 valence electrons. The number of aromatic nitrogens is 3. The van der Waals surface area contributed by atoms with E-state index in [0.717, 1.165) is 67.9 Å². The van der Waals surface area contributed by atoms with Crippen LogP contribution in [-0.2, 0) is 19.4 Å². The summed E-state index contributed by atoms with van der Waals surface area (Å²) < 4.78 is 13.0. The molecule has 28 heavy (non-hydrogen) atoms. The maximum Gasteiger partial charge on any atom is 0.191 e. The van der Waals surface area contributed by atoms with Gasteiger partial charge in [0.2, 0.25) is 0 Å². The second kappa shape index (κ2) is 9.96. The second-order valence-electron chi connectivity index (χ2n) is 6.74. The molecule has 2 heterocycles. The van der Waals surface area contributed by atoms with Crippen LogP contribution in [0.2, 0.25) is 0 Å². The van der Waals surface area contributed by atoms with E-state index in [9.17, 15) is 0 Å². The Balaban J connectivity index is 1.38. The predicted octanol–water partition coefficient (Wildman–Crippen LogP) is 1.80. The highest BCUT2D eigenvalue weighted by Crippen LogP contribution is 2.18. The molecule has 8 nitrogen and oxygen atoms in total. The van der Waals surface area contributed by atoms with Gasteiger partial charge in [0.25, 0.3) is 0 Å². The van der Waals surface area contributed by atoms with E-state index < -0.39 is 0 Å². The van der Waals surface area contributed by atoms with Crippen molar-refractivity contribution in [3.63, 3.8) is 0 Å². The van der Waals surface area contributed by atoms with Crippen LogP contribution in [0.4, 0.5) is 0 Å². The van der Waals surface area contributed by atoms with Crippen LogP contribution in [0.3, 0.4) is 0 Å². The van der Waals surface area contributed by atoms with Crippen molar-refractivity contribution in [2.24, 2.45) is 4.99 Å². The van der Waals surface area contributed by atoms with Gasteiger partial charge in [-0.2, -0.15) is 5.10 Å². The lowest BCUT2D eigenvalue weighted by Gasteiger charge is -2.25. The number of aliphatic imine (C=N–C) groups is 1. The molecule has 2 aromatic rings. The van der Waals surface area contributed by atoms with E-state index in [0.29, 0.717) is 12.6 Å². The second-order valence-corrected chi connectivity index (χ2v) is 6.74. The molecule has 1 aliphatic heterocycles. The number of ether oxygens (including phenoxy) is 2. The standard InChI is InChI=1S/C20H30N6O2/c1-4-18-24-19-10-9-15(14-26(19)25-18)23-20(21-2)22-11-6-12-28-17-8-5-7-16(13-17)27-3/h5,7-8,13,15H,4,6,9-12,14H2,1-3H3,(H2,21,22,23). The van der Waals surface area contributed by atoms with Gasteiger partial charge in [0, 0.05) is 38.5 Å². The van der Waals surface area contributed by atoms with Crippen LogP contribution in [-0.4, -0.2) is 54.1 Å². The number of rotatable bonds is 8. The Morgan fingerprint density at radius 2 is 2.21 bits per heavy atom. The van der Waals surface area contributed by atoms with E-state index in [1.54, 1.807) is 14.2 Å². The number of hydrogen-bond acceptors (Lipinski definition) is 5. The van der Waals surface area contributed by atoms with Crippen LogP contribution >= 0.6 is 0 Å². The first-order valence-electron chi connectivity index (χ1n) is 9.88. The number of nitrogens with one attached hydrogen (secondary N) is 2. The molecule has 3 rings (SSSR count). The highest BCUT2D eigenvalue weighted by atomic mass is 16.5. The summed E-state index contributed by atoms with van der Waals surface area (Å²) in [6.45, 7) is 4.32. The van der Waals surface area contributed by atoms with E-state index in [2.05, 4.69) is 32.6 Å². The molecule has 1 aromatic heterocycles. The van der Waals surface area contributed by atoms with Crippen LogP contribution in [0.5, 0.6) is 11.5 Å². The number of hydrogen-bond donors (Lipinski definition) is 2. The molecule has 0 bridgehead atoms. The molecular weight excluding hydrogens is 356 g/mol. The van der Waals surface area contributed by atoms with Gasteiger partial charge < -0.3 is 20.1 Å². The molecule has 0 aliphatic carbocycles. The molecule has 0 radical (unpaired) electrons. The minimum Gasteiger partial charge on any atom is -0.497 e. The molecule has 1 aromatic carbocycles. The number of aryl methyl sites for hydroxylation is 2. The van der Waals surface area contributed by atoms with Gasteiger partial charge in [-0.1, -0.05) is 13.0 Å². The fourth-order valence-corrected chi connectivity index (χ4v) is 3.18. The Morgan fingerprint density at radius 3 is 3.00 bits per heavy atom. The molecule has 2 N–H and O–H groups in total. The van der Waals surface area contributed by atoms with Crippen molar-refractivity contribution < 1.29 is 9.47 Å². The molecule has 1 aliphatic rings. The minimum absolute atomic E-state index is 0.304. The Labute approximate surface area is 166 Å². The summed E-state index contributed by atoms with van der Waals surface area (Å²) >= 11 is 0. The molecule has 1 unspecified atom stereocenters. The lowest BCUT2D eigenvalue weighted by atomic mass is 10.1. The minimum atomic E-state index is 0.304. The smallest absolute Gasteiger partial charge is 0.191 e. The molecular formula is C20H30N6O2. The SMILES string of the molecule is CCc1nc2n(n1)CC(NC(=NC)NCCCOc1cccc(OC)c1)CC2. The first-order valence-corrected chi connectivity index (χ1v) is 9.88. The number of methoxy groups -OCH3 is 1. The average Bonchev–Trinajstić information content (AvgIpc) is 3.15. The number of guanidine groups is 1. The molecule has 0 saturated carbocycles. The zero-order valence-corrected chi connectivity index (χ0v) is 16.9.